The maximum absolute atomic E-state index is 5.45. The SMILES string of the molecule is Cc1ccc2c(c1)nc(NCCN)n2C. The molecular formula is C11H16N4. The van der Waals surface area contributed by atoms with Crippen molar-refractivity contribution in [3.8, 4) is 0 Å². The monoisotopic (exact) mass is 204 g/mol. The van der Waals surface area contributed by atoms with Crippen LogP contribution in [0.1, 0.15) is 5.56 Å². The van der Waals surface area contributed by atoms with Gasteiger partial charge in [0.25, 0.3) is 0 Å². The Morgan fingerprint density at radius 3 is 3.00 bits per heavy atom. The van der Waals surface area contributed by atoms with Crippen molar-refractivity contribution in [3.05, 3.63) is 23.8 Å². The van der Waals surface area contributed by atoms with Crippen LogP contribution in [0.25, 0.3) is 11.0 Å². The van der Waals surface area contributed by atoms with E-state index in [0.29, 0.717) is 6.54 Å². The summed E-state index contributed by atoms with van der Waals surface area (Å²) < 4.78 is 2.05. The third-order valence-corrected chi connectivity index (χ3v) is 2.46. The van der Waals surface area contributed by atoms with Crippen molar-refractivity contribution in [1.29, 1.82) is 0 Å². The minimum absolute atomic E-state index is 0.613. The Kier molecular flexibility index (Phi) is 2.60. The lowest BCUT2D eigenvalue weighted by atomic mass is 10.2. The highest BCUT2D eigenvalue weighted by Gasteiger charge is 2.06. The van der Waals surface area contributed by atoms with Gasteiger partial charge >= 0.3 is 0 Å². The van der Waals surface area contributed by atoms with Crippen LogP contribution in [0.5, 0.6) is 0 Å². The molecule has 0 radical (unpaired) electrons. The standard InChI is InChI=1S/C11H16N4/c1-8-3-4-10-9(7-8)14-11(15(10)2)13-6-5-12/h3-4,7H,5-6,12H2,1-2H3,(H,13,14). The molecule has 0 saturated heterocycles. The first kappa shape index (κ1) is 9.98. The van der Waals surface area contributed by atoms with E-state index in [1.165, 1.54) is 5.56 Å². The average molecular weight is 204 g/mol. The minimum atomic E-state index is 0.613. The fraction of sp³-hybridized carbons (Fsp3) is 0.364. The van der Waals surface area contributed by atoms with Gasteiger partial charge in [-0.25, -0.2) is 4.98 Å². The fourth-order valence-electron chi connectivity index (χ4n) is 1.65. The summed E-state index contributed by atoms with van der Waals surface area (Å²) in [6, 6.07) is 6.27. The summed E-state index contributed by atoms with van der Waals surface area (Å²) in [5.74, 6) is 0.876. The Morgan fingerprint density at radius 2 is 2.27 bits per heavy atom. The molecule has 0 fully saturated rings. The van der Waals surface area contributed by atoms with Crippen LogP contribution < -0.4 is 11.1 Å². The number of hydrogen-bond donors (Lipinski definition) is 2. The first-order chi connectivity index (χ1) is 7.22. The molecule has 2 rings (SSSR count). The lowest BCUT2D eigenvalue weighted by Crippen LogP contribution is -2.15. The molecule has 0 saturated carbocycles. The van der Waals surface area contributed by atoms with Gasteiger partial charge < -0.3 is 15.6 Å². The van der Waals surface area contributed by atoms with Gasteiger partial charge in [-0.3, -0.25) is 0 Å². The summed E-state index contributed by atoms with van der Waals surface area (Å²) in [6.07, 6.45) is 0. The number of rotatable bonds is 3. The van der Waals surface area contributed by atoms with Crippen molar-refractivity contribution < 1.29 is 0 Å². The third kappa shape index (κ3) is 1.80. The molecule has 0 aliphatic rings. The van der Waals surface area contributed by atoms with Crippen LogP contribution >= 0.6 is 0 Å². The average Bonchev–Trinajstić information content (AvgIpc) is 2.52. The molecule has 3 N–H and O–H groups in total. The minimum Gasteiger partial charge on any atom is -0.354 e. The molecule has 80 valence electrons. The number of hydrogen-bond acceptors (Lipinski definition) is 3. The van der Waals surface area contributed by atoms with E-state index in [1.54, 1.807) is 0 Å². The maximum Gasteiger partial charge on any atom is 0.203 e. The largest absolute Gasteiger partial charge is 0.354 e. The van der Waals surface area contributed by atoms with E-state index < -0.39 is 0 Å². The fourth-order valence-corrected chi connectivity index (χ4v) is 1.65. The van der Waals surface area contributed by atoms with E-state index >= 15 is 0 Å². The number of nitrogens with one attached hydrogen (secondary N) is 1. The van der Waals surface area contributed by atoms with Crippen molar-refractivity contribution in [1.82, 2.24) is 9.55 Å². The Bertz CT molecular complexity index is 473. The highest BCUT2D eigenvalue weighted by Crippen LogP contribution is 2.18. The molecule has 4 nitrogen and oxygen atoms in total. The van der Waals surface area contributed by atoms with E-state index in [4.69, 9.17) is 5.73 Å². The molecule has 0 spiro atoms. The summed E-state index contributed by atoms with van der Waals surface area (Å²) in [5.41, 5.74) is 8.84. The number of fused-ring (bicyclic) bond motifs is 1. The molecular weight excluding hydrogens is 188 g/mol. The summed E-state index contributed by atoms with van der Waals surface area (Å²) >= 11 is 0. The maximum atomic E-state index is 5.45. The van der Waals surface area contributed by atoms with Crippen molar-refractivity contribution in [2.45, 2.75) is 6.92 Å². The first-order valence-electron chi connectivity index (χ1n) is 5.09. The zero-order chi connectivity index (χ0) is 10.8. The molecule has 15 heavy (non-hydrogen) atoms. The molecule has 1 aromatic carbocycles. The first-order valence-corrected chi connectivity index (χ1v) is 5.09. The topological polar surface area (TPSA) is 55.9 Å². The smallest absolute Gasteiger partial charge is 0.203 e. The van der Waals surface area contributed by atoms with Gasteiger partial charge in [-0.2, -0.15) is 0 Å². The lowest BCUT2D eigenvalue weighted by molar-refractivity contribution is 0.915. The van der Waals surface area contributed by atoms with Gasteiger partial charge in [0.15, 0.2) is 0 Å². The van der Waals surface area contributed by atoms with E-state index in [2.05, 4.69) is 35.4 Å². The quantitative estimate of drug-likeness (QED) is 0.791. The van der Waals surface area contributed by atoms with Crippen LogP contribution in [0.4, 0.5) is 5.95 Å². The van der Waals surface area contributed by atoms with Crippen LogP contribution in [0.15, 0.2) is 18.2 Å². The van der Waals surface area contributed by atoms with E-state index in [-0.39, 0.29) is 0 Å². The zero-order valence-electron chi connectivity index (χ0n) is 9.12. The molecule has 0 aliphatic carbocycles. The van der Waals surface area contributed by atoms with Gasteiger partial charge in [0.05, 0.1) is 11.0 Å². The molecule has 0 amide bonds. The molecule has 0 bridgehead atoms. The number of nitrogens with two attached hydrogens (primary N) is 1. The summed E-state index contributed by atoms with van der Waals surface area (Å²) in [6.45, 7) is 3.43. The number of aromatic nitrogens is 2. The normalized spacial score (nSPS) is 10.9. The Morgan fingerprint density at radius 1 is 1.47 bits per heavy atom. The highest BCUT2D eigenvalue weighted by atomic mass is 15.2. The van der Waals surface area contributed by atoms with Crippen LogP contribution in [0.3, 0.4) is 0 Å². The lowest BCUT2D eigenvalue weighted by Gasteiger charge is -2.03. The van der Waals surface area contributed by atoms with Gasteiger partial charge in [0.1, 0.15) is 0 Å². The Labute approximate surface area is 89.1 Å². The Balaban J connectivity index is 2.44. The zero-order valence-corrected chi connectivity index (χ0v) is 9.12. The van der Waals surface area contributed by atoms with Crippen molar-refractivity contribution in [2.75, 3.05) is 18.4 Å². The van der Waals surface area contributed by atoms with Crippen LogP contribution in [0.2, 0.25) is 0 Å². The molecule has 0 atom stereocenters. The molecule has 2 aromatic rings. The van der Waals surface area contributed by atoms with Crippen LogP contribution in [-0.2, 0) is 7.05 Å². The molecule has 1 aromatic heterocycles. The van der Waals surface area contributed by atoms with Crippen LogP contribution in [0, 0.1) is 6.92 Å². The van der Waals surface area contributed by atoms with Crippen molar-refractivity contribution in [3.63, 3.8) is 0 Å². The molecule has 4 heteroatoms. The molecule has 0 unspecified atom stereocenters. The van der Waals surface area contributed by atoms with E-state index in [0.717, 1.165) is 23.5 Å². The summed E-state index contributed by atoms with van der Waals surface area (Å²) in [4.78, 5) is 4.51. The second-order valence-corrected chi connectivity index (χ2v) is 3.70. The van der Waals surface area contributed by atoms with Gasteiger partial charge in [0.2, 0.25) is 5.95 Å². The predicted molar refractivity (Wildman–Crippen MR) is 63.0 cm³/mol. The Hall–Kier alpha value is -1.55. The van der Waals surface area contributed by atoms with Crippen molar-refractivity contribution >= 4 is 17.0 Å². The third-order valence-electron chi connectivity index (χ3n) is 2.46. The summed E-state index contributed by atoms with van der Waals surface area (Å²) in [7, 11) is 2.00. The highest BCUT2D eigenvalue weighted by molar-refractivity contribution is 5.79. The van der Waals surface area contributed by atoms with E-state index in [1.807, 2.05) is 11.6 Å². The van der Waals surface area contributed by atoms with Gasteiger partial charge in [-0.1, -0.05) is 6.07 Å². The number of nitrogens with zero attached hydrogens (tertiary/aromatic N) is 2. The van der Waals surface area contributed by atoms with E-state index in [9.17, 15) is 0 Å². The van der Waals surface area contributed by atoms with Gasteiger partial charge in [-0.05, 0) is 24.6 Å². The second-order valence-electron chi connectivity index (χ2n) is 3.70. The van der Waals surface area contributed by atoms with Crippen LogP contribution in [-0.4, -0.2) is 22.6 Å². The molecule has 0 aliphatic heterocycles. The van der Waals surface area contributed by atoms with Gasteiger partial charge in [0, 0.05) is 20.1 Å². The predicted octanol–water partition coefficient (Wildman–Crippen LogP) is 1.25. The number of aryl methyl sites for hydroxylation is 2. The second kappa shape index (κ2) is 3.90. The van der Waals surface area contributed by atoms with Gasteiger partial charge in [-0.15, -0.1) is 0 Å². The number of benzene rings is 1. The summed E-state index contributed by atoms with van der Waals surface area (Å²) in [5, 5.41) is 3.20. The molecule has 1 heterocycles. The number of anilines is 1. The number of imidazole rings is 1. The van der Waals surface area contributed by atoms with Crippen molar-refractivity contribution in [2.24, 2.45) is 12.8 Å².